The minimum atomic E-state index is -0.624. The number of fused-ring (bicyclic) bond motifs is 1. The summed E-state index contributed by atoms with van der Waals surface area (Å²) in [6.07, 6.45) is 6.76. The van der Waals surface area contributed by atoms with Gasteiger partial charge in [-0.1, -0.05) is 49.6 Å². The van der Waals surface area contributed by atoms with Gasteiger partial charge in [-0.2, -0.15) is 0 Å². The van der Waals surface area contributed by atoms with Crippen molar-refractivity contribution < 1.29 is 23.9 Å². The Bertz CT molecular complexity index is 1300. The van der Waals surface area contributed by atoms with E-state index < -0.39 is 12.1 Å². The highest BCUT2D eigenvalue weighted by Crippen LogP contribution is 2.37. The second-order valence-corrected chi connectivity index (χ2v) is 10.7. The third-order valence-electron chi connectivity index (χ3n) is 8.01. The Morgan fingerprint density at radius 3 is 2.44 bits per heavy atom. The Morgan fingerprint density at radius 2 is 1.74 bits per heavy atom. The molecule has 5 rings (SSSR count). The number of hydrogen-bond acceptors (Lipinski definition) is 5. The van der Waals surface area contributed by atoms with Crippen molar-refractivity contribution >= 4 is 23.7 Å². The summed E-state index contributed by atoms with van der Waals surface area (Å²) in [5, 5.41) is 0. The Kier molecular flexibility index (Phi) is 7.82. The van der Waals surface area contributed by atoms with E-state index in [2.05, 4.69) is 0 Å². The van der Waals surface area contributed by atoms with Crippen LogP contribution >= 0.6 is 0 Å². The van der Waals surface area contributed by atoms with Gasteiger partial charge in [0, 0.05) is 31.3 Å². The standard InChI is InChI=1S/C31H35N3O5/c1-21-19-25(13-14-26(21)22(2)35)39-31(38)33-18-16-28(36)34-27(33)20-32(17-15-23-9-5-3-6-10-23)30(37)29(34)24-11-7-4-8-12-24/h3,5-6,9-10,13-14,19-20,24,29H,4,7-8,11-12,15-18H2,1-2H3/t29-/m0/s1. The van der Waals surface area contributed by atoms with Crippen molar-refractivity contribution in [2.45, 2.75) is 64.8 Å². The van der Waals surface area contributed by atoms with Crippen LogP contribution in [0.25, 0.3) is 0 Å². The number of nitrogens with zero attached hydrogens (tertiary/aromatic N) is 3. The number of carbonyl (C=O) groups excluding carboxylic acids is 4. The lowest BCUT2D eigenvalue weighted by molar-refractivity contribution is -0.151. The maximum atomic E-state index is 13.9. The van der Waals surface area contributed by atoms with Gasteiger partial charge >= 0.3 is 6.09 Å². The van der Waals surface area contributed by atoms with E-state index in [1.54, 1.807) is 41.1 Å². The summed E-state index contributed by atoms with van der Waals surface area (Å²) in [4.78, 5) is 57.1. The molecule has 2 aromatic rings. The number of ketones is 1. The predicted octanol–water partition coefficient (Wildman–Crippen LogP) is 5.06. The summed E-state index contributed by atoms with van der Waals surface area (Å²) in [7, 11) is 0. The SMILES string of the molecule is CC(=O)c1ccc(OC(=O)N2CCC(=O)N3C2=CN(CCc2ccccc2)C(=O)[C@@H]3C2CCCCC2)cc1C. The largest absolute Gasteiger partial charge is 0.420 e. The van der Waals surface area contributed by atoms with Crippen LogP contribution in [0.5, 0.6) is 5.75 Å². The fraction of sp³-hybridized carbons (Fsp3) is 0.419. The first-order chi connectivity index (χ1) is 18.8. The zero-order valence-electron chi connectivity index (χ0n) is 22.6. The van der Waals surface area contributed by atoms with E-state index in [9.17, 15) is 19.2 Å². The number of ether oxygens (including phenoxy) is 1. The highest BCUT2D eigenvalue weighted by Gasteiger charge is 2.48. The molecular weight excluding hydrogens is 494 g/mol. The molecule has 0 N–H and O–H groups in total. The van der Waals surface area contributed by atoms with Gasteiger partial charge < -0.3 is 9.64 Å². The van der Waals surface area contributed by atoms with Gasteiger partial charge in [0.15, 0.2) is 5.78 Å². The number of Topliss-reactive ketones (excluding diaryl/α,β-unsaturated/α-hetero) is 1. The second-order valence-electron chi connectivity index (χ2n) is 10.7. The Hall–Kier alpha value is -3.94. The molecule has 1 saturated heterocycles. The third-order valence-corrected chi connectivity index (χ3v) is 8.01. The molecule has 1 aliphatic carbocycles. The van der Waals surface area contributed by atoms with Gasteiger partial charge in [0.2, 0.25) is 11.8 Å². The lowest BCUT2D eigenvalue weighted by Gasteiger charge is -2.48. The third kappa shape index (κ3) is 5.60. The van der Waals surface area contributed by atoms with Crippen molar-refractivity contribution in [1.29, 1.82) is 0 Å². The zero-order valence-corrected chi connectivity index (χ0v) is 22.6. The minimum Gasteiger partial charge on any atom is -0.410 e. The lowest BCUT2D eigenvalue weighted by Crippen LogP contribution is -2.62. The van der Waals surface area contributed by atoms with Crippen LogP contribution in [0.3, 0.4) is 0 Å². The molecule has 204 valence electrons. The number of amides is 3. The van der Waals surface area contributed by atoms with E-state index in [4.69, 9.17) is 4.74 Å². The zero-order chi connectivity index (χ0) is 27.5. The predicted molar refractivity (Wildman–Crippen MR) is 146 cm³/mol. The van der Waals surface area contributed by atoms with Gasteiger partial charge in [-0.15, -0.1) is 0 Å². The second kappa shape index (κ2) is 11.4. The molecule has 2 aliphatic heterocycles. The highest BCUT2D eigenvalue weighted by atomic mass is 16.6. The van der Waals surface area contributed by atoms with Gasteiger partial charge in [0.25, 0.3) is 0 Å². The average molecular weight is 530 g/mol. The first-order valence-corrected chi connectivity index (χ1v) is 13.8. The molecule has 3 amide bonds. The van der Waals surface area contributed by atoms with Crippen LogP contribution < -0.4 is 4.74 Å². The molecule has 3 aliphatic rings. The van der Waals surface area contributed by atoms with Gasteiger partial charge in [-0.25, -0.2) is 4.79 Å². The molecule has 1 atom stereocenters. The van der Waals surface area contributed by atoms with Crippen molar-refractivity contribution in [3.8, 4) is 5.75 Å². The molecule has 8 heteroatoms. The maximum Gasteiger partial charge on any atom is 0.420 e. The number of hydrogen-bond donors (Lipinski definition) is 0. The Morgan fingerprint density at radius 1 is 1.00 bits per heavy atom. The maximum absolute atomic E-state index is 13.9. The molecule has 39 heavy (non-hydrogen) atoms. The average Bonchev–Trinajstić information content (AvgIpc) is 2.93. The van der Waals surface area contributed by atoms with Crippen LogP contribution in [0.15, 0.2) is 60.6 Å². The number of aryl methyl sites for hydroxylation is 1. The van der Waals surface area contributed by atoms with Crippen LogP contribution in [0.4, 0.5) is 4.79 Å². The van der Waals surface area contributed by atoms with E-state index in [-0.39, 0.29) is 36.5 Å². The molecular formula is C31H35N3O5. The Balaban J connectivity index is 1.44. The van der Waals surface area contributed by atoms with Gasteiger partial charge in [0.05, 0.1) is 0 Å². The van der Waals surface area contributed by atoms with Gasteiger partial charge in [0.1, 0.15) is 17.6 Å². The van der Waals surface area contributed by atoms with Crippen molar-refractivity contribution in [3.63, 3.8) is 0 Å². The molecule has 0 aromatic heterocycles. The molecule has 8 nitrogen and oxygen atoms in total. The summed E-state index contributed by atoms with van der Waals surface area (Å²) in [5.74, 6) is 0.492. The molecule has 0 bridgehead atoms. The number of benzene rings is 2. The Labute approximate surface area is 229 Å². The van der Waals surface area contributed by atoms with E-state index in [1.165, 1.54) is 11.8 Å². The molecule has 1 saturated carbocycles. The van der Waals surface area contributed by atoms with Gasteiger partial charge in [-0.3, -0.25) is 24.2 Å². The lowest BCUT2D eigenvalue weighted by atomic mass is 9.81. The molecule has 0 spiro atoms. The molecule has 2 heterocycles. The van der Waals surface area contributed by atoms with Crippen LogP contribution in [0, 0.1) is 12.8 Å². The first kappa shape index (κ1) is 26.7. The number of carbonyl (C=O) groups is 4. The quantitative estimate of drug-likeness (QED) is 0.488. The van der Waals surface area contributed by atoms with Gasteiger partial charge in [-0.05, 0) is 68.4 Å². The van der Waals surface area contributed by atoms with Crippen LogP contribution in [-0.2, 0) is 16.0 Å². The summed E-state index contributed by atoms with van der Waals surface area (Å²) in [6, 6.07) is 14.2. The van der Waals surface area contributed by atoms with Crippen LogP contribution in [0.2, 0.25) is 0 Å². The molecule has 2 fully saturated rings. The van der Waals surface area contributed by atoms with E-state index in [1.807, 2.05) is 30.3 Å². The summed E-state index contributed by atoms with van der Waals surface area (Å²) in [6.45, 7) is 3.91. The van der Waals surface area contributed by atoms with E-state index in [0.717, 1.165) is 43.2 Å². The highest BCUT2D eigenvalue weighted by molar-refractivity contribution is 5.96. The molecule has 2 aromatic carbocycles. The smallest absolute Gasteiger partial charge is 0.410 e. The fourth-order valence-electron chi connectivity index (χ4n) is 5.98. The topological polar surface area (TPSA) is 87.2 Å². The fourth-order valence-corrected chi connectivity index (χ4v) is 5.98. The van der Waals surface area contributed by atoms with E-state index in [0.29, 0.717) is 30.1 Å². The van der Waals surface area contributed by atoms with Crippen molar-refractivity contribution in [1.82, 2.24) is 14.7 Å². The number of rotatable bonds is 6. The van der Waals surface area contributed by atoms with Crippen LogP contribution in [-0.4, -0.2) is 57.5 Å². The molecule has 0 unspecified atom stereocenters. The monoisotopic (exact) mass is 529 g/mol. The van der Waals surface area contributed by atoms with E-state index >= 15 is 0 Å². The normalized spacial score (nSPS) is 20.0. The van der Waals surface area contributed by atoms with Crippen molar-refractivity contribution in [2.24, 2.45) is 5.92 Å². The first-order valence-electron chi connectivity index (χ1n) is 13.8. The van der Waals surface area contributed by atoms with Crippen molar-refractivity contribution in [3.05, 3.63) is 77.2 Å². The summed E-state index contributed by atoms with van der Waals surface area (Å²) >= 11 is 0. The summed E-state index contributed by atoms with van der Waals surface area (Å²) < 4.78 is 5.72. The van der Waals surface area contributed by atoms with Crippen molar-refractivity contribution in [2.75, 3.05) is 13.1 Å². The molecule has 0 radical (unpaired) electrons. The van der Waals surface area contributed by atoms with Crippen LogP contribution in [0.1, 0.15) is 66.9 Å². The minimum absolute atomic E-state index is 0.0517. The summed E-state index contributed by atoms with van der Waals surface area (Å²) in [5.41, 5.74) is 2.40.